The maximum atomic E-state index is 9.69. The number of aliphatic hydroxyl groups excluding tert-OH is 1. The summed E-state index contributed by atoms with van der Waals surface area (Å²) in [4.78, 5) is 4.25. The third-order valence-corrected chi connectivity index (χ3v) is 2.81. The minimum absolute atomic E-state index is 0.199. The van der Waals surface area contributed by atoms with Crippen molar-refractivity contribution < 1.29 is 5.11 Å². The smallest absolute Gasteiger partial charge is 0.138 e. The molecule has 0 bridgehead atoms. The van der Waals surface area contributed by atoms with Crippen molar-refractivity contribution in [3.05, 3.63) is 12.2 Å². The van der Waals surface area contributed by atoms with Crippen LogP contribution in [-0.4, -0.2) is 26.0 Å². The first-order valence-corrected chi connectivity index (χ1v) is 6.08. The minimum atomic E-state index is -0.199. The van der Waals surface area contributed by atoms with E-state index in [2.05, 4.69) is 23.9 Å². The Bertz CT molecular complexity index is 307. The summed E-state index contributed by atoms with van der Waals surface area (Å²) in [5, 5.41) is 13.9. The average molecular weight is 225 g/mol. The van der Waals surface area contributed by atoms with E-state index in [1.807, 2.05) is 18.5 Å². The van der Waals surface area contributed by atoms with Crippen LogP contribution in [0.25, 0.3) is 0 Å². The second-order valence-electron chi connectivity index (χ2n) is 4.92. The van der Waals surface area contributed by atoms with E-state index in [1.54, 1.807) is 6.33 Å². The molecule has 1 N–H and O–H groups in total. The Hall–Kier alpha value is -0.900. The van der Waals surface area contributed by atoms with Crippen LogP contribution in [0.4, 0.5) is 0 Å². The number of aliphatic hydroxyl groups is 1. The molecule has 1 aromatic heterocycles. The average Bonchev–Trinajstić information content (AvgIpc) is 2.65. The molecule has 4 heteroatoms. The molecule has 1 heterocycles. The summed E-state index contributed by atoms with van der Waals surface area (Å²) in [5.41, 5.74) is 0. The Morgan fingerprint density at radius 1 is 1.31 bits per heavy atom. The van der Waals surface area contributed by atoms with Crippen molar-refractivity contribution in [3.8, 4) is 0 Å². The standard InChI is InChI=1S/C12H23N3O/c1-9(2)11(16)6-5-7-12-13-8-14-15(12)10(3)4/h8-11,16H,5-7H2,1-4H3. The number of rotatable bonds is 6. The van der Waals surface area contributed by atoms with E-state index < -0.39 is 0 Å². The lowest BCUT2D eigenvalue weighted by Crippen LogP contribution is -2.15. The number of hydrogen-bond donors (Lipinski definition) is 1. The Morgan fingerprint density at radius 2 is 2.00 bits per heavy atom. The van der Waals surface area contributed by atoms with E-state index in [1.165, 1.54) is 0 Å². The zero-order chi connectivity index (χ0) is 12.1. The molecule has 0 aliphatic heterocycles. The molecule has 0 spiro atoms. The number of aromatic nitrogens is 3. The highest BCUT2D eigenvalue weighted by molar-refractivity contribution is 4.86. The summed E-state index contributed by atoms with van der Waals surface area (Å²) in [6.07, 6.45) is 4.10. The maximum Gasteiger partial charge on any atom is 0.138 e. The molecule has 4 nitrogen and oxygen atoms in total. The van der Waals surface area contributed by atoms with Gasteiger partial charge in [-0.25, -0.2) is 9.67 Å². The van der Waals surface area contributed by atoms with Crippen LogP contribution >= 0.6 is 0 Å². The lowest BCUT2D eigenvalue weighted by Gasteiger charge is -2.14. The fourth-order valence-electron chi connectivity index (χ4n) is 1.69. The highest BCUT2D eigenvalue weighted by atomic mass is 16.3. The Balaban J connectivity index is 2.40. The van der Waals surface area contributed by atoms with Crippen LogP contribution < -0.4 is 0 Å². The van der Waals surface area contributed by atoms with Gasteiger partial charge in [-0.3, -0.25) is 0 Å². The van der Waals surface area contributed by atoms with E-state index in [4.69, 9.17) is 0 Å². The van der Waals surface area contributed by atoms with Crippen LogP contribution in [-0.2, 0) is 6.42 Å². The van der Waals surface area contributed by atoms with Gasteiger partial charge >= 0.3 is 0 Å². The van der Waals surface area contributed by atoms with Crippen molar-refractivity contribution in [3.63, 3.8) is 0 Å². The molecule has 0 aliphatic rings. The predicted octanol–water partition coefficient (Wildman–Crippen LogP) is 2.20. The summed E-state index contributed by atoms with van der Waals surface area (Å²) in [6.45, 7) is 8.28. The predicted molar refractivity (Wildman–Crippen MR) is 64.2 cm³/mol. The molecule has 0 radical (unpaired) electrons. The minimum Gasteiger partial charge on any atom is -0.393 e. The fraction of sp³-hybridized carbons (Fsp3) is 0.833. The molecule has 16 heavy (non-hydrogen) atoms. The van der Waals surface area contributed by atoms with Crippen molar-refractivity contribution in [1.82, 2.24) is 14.8 Å². The molecule has 0 aliphatic carbocycles. The SMILES string of the molecule is CC(C)C(O)CCCc1ncnn1C(C)C. The Labute approximate surface area is 97.7 Å². The van der Waals surface area contributed by atoms with Crippen LogP contribution in [0.15, 0.2) is 6.33 Å². The lowest BCUT2D eigenvalue weighted by molar-refractivity contribution is 0.114. The van der Waals surface area contributed by atoms with Crippen LogP contribution in [0.2, 0.25) is 0 Å². The van der Waals surface area contributed by atoms with E-state index in [-0.39, 0.29) is 6.10 Å². The normalized spacial score (nSPS) is 13.7. The highest BCUT2D eigenvalue weighted by Crippen LogP contribution is 2.12. The molecular formula is C12H23N3O. The molecule has 0 fully saturated rings. The lowest BCUT2D eigenvalue weighted by atomic mass is 10.0. The largest absolute Gasteiger partial charge is 0.393 e. The highest BCUT2D eigenvalue weighted by Gasteiger charge is 2.11. The van der Waals surface area contributed by atoms with Gasteiger partial charge in [-0.2, -0.15) is 5.10 Å². The zero-order valence-corrected chi connectivity index (χ0v) is 10.7. The summed E-state index contributed by atoms with van der Waals surface area (Å²) in [6, 6.07) is 0.354. The summed E-state index contributed by atoms with van der Waals surface area (Å²) in [5.74, 6) is 1.36. The van der Waals surface area contributed by atoms with Crippen molar-refractivity contribution >= 4 is 0 Å². The topological polar surface area (TPSA) is 50.9 Å². The third-order valence-electron chi connectivity index (χ3n) is 2.81. The van der Waals surface area contributed by atoms with E-state index in [9.17, 15) is 5.11 Å². The molecule has 0 amide bonds. The maximum absolute atomic E-state index is 9.69. The second kappa shape index (κ2) is 5.99. The molecule has 1 unspecified atom stereocenters. The van der Waals surface area contributed by atoms with E-state index in [0.717, 1.165) is 25.1 Å². The van der Waals surface area contributed by atoms with Gasteiger partial charge in [0.2, 0.25) is 0 Å². The second-order valence-corrected chi connectivity index (χ2v) is 4.92. The molecule has 1 aromatic rings. The van der Waals surface area contributed by atoms with Crippen LogP contribution in [0.5, 0.6) is 0 Å². The van der Waals surface area contributed by atoms with Crippen LogP contribution in [0, 0.1) is 5.92 Å². The van der Waals surface area contributed by atoms with Gasteiger partial charge in [-0.1, -0.05) is 13.8 Å². The molecule has 1 atom stereocenters. The monoisotopic (exact) mass is 225 g/mol. The number of hydrogen-bond acceptors (Lipinski definition) is 3. The van der Waals surface area contributed by atoms with Gasteiger partial charge in [-0.05, 0) is 32.6 Å². The van der Waals surface area contributed by atoms with E-state index in [0.29, 0.717) is 12.0 Å². The molecule has 0 saturated heterocycles. The van der Waals surface area contributed by atoms with Gasteiger partial charge in [0.1, 0.15) is 12.2 Å². The van der Waals surface area contributed by atoms with Crippen molar-refractivity contribution in [2.24, 2.45) is 5.92 Å². The van der Waals surface area contributed by atoms with Gasteiger partial charge < -0.3 is 5.11 Å². The van der Waals surface area contributed by atoms with Gasteiger partial charge in [0.05, 0.1) is 6.10 Å². The number of nitrogens with zero attached hydrogens (tertiary/aromatic N) is 3. The molecule has 0 aromatic carbocycles. The van der Waals surface area contributed by atoms with Crippen LogP contribution in [0.1, 0.15) is 52.4 Å². The van der Waals surface area contributed by atoms with Crippen molar-refractivity contribution in [2.75, 3.05) is 0 Å². The molecule has 92 valence electrons. The van der Waals surface area contributed by atoms with Gasteiger partial charge in [-0.15, -0.1) is 0 Å². The Kier molecular flexibility index (Phi) is 4.93. The zero-order valence-electron chi connectivity index (χ0n) is 10.7. The summed E-state index contributed by atoms with van der Waals surface area (Å²) in [7, 11) is 0. The third kappa shape index (κ3) is 3.59. The quantitative estimate of drug-likeness (QED) is 0.807. The fourth-order valence-corrected chi connectivity index (χ4v) is 1.69. The van der Waals surface area contributed by atoms with Crippen molar-refractivity contribution in [1.29, 1.82) is 0 Å². The molecule has 1 rings (SSSR count). The number of aryl methyl sites for hydroxylation is 1. The summed E-state index contributed by atoms with van der Waals surface area (Å²) < 4.78 is 1.95. The first-order chi connectivity index (χ1) is 7.52. The summed E-state index contributed by atoms with van der Waals surface area (Å²) >= 11 is 0. The van der Waals surface area contributed by atoms with Gasteiger partial charge in [0, 0.05) is 12.5 Å². The first-order valence-electron chi connectivity index (χ1n) is 6.08. The van der Waals surface area contributed by atoms with Gasteiger partial charge in [0.25, 0.3) is 0 Å². The van der Waals surface area contributed by atoms with Gasteiger partial charge in [0.15, 0.2) is 0 Å². The molecular weight excluding hydrogens is 202 g/mol. The van der Waals surface area contributed by atoms with Crippen molar-refractivity contribution in [2.45, 2.75) is 59.1 Å². The van der Waals surface area contributed by atoms with Crippen LogP contribution in [0.3, 0.4) is 0 Å². The molecule has 0 saturated carbocycles. The Morgan fingerprint density at radius 3 is 2.56 bits per heavy atom. The van der Waals surface area contributed by atoms with E-state index >= 15 is 0 Å². The first kappa shape index (κ1) is 13.2.